The van der Waals surface area contributed by atoms with Gasteiger partial charge in [0.1, 0.15) is 11.6 Å². The van der Waals surface area contributed by atoms with Crippen LogP contribution >= 0.6 is 23.1 Å². The highest BCUT2D eigenvalue weighted by Crippen LogP contribution is 2.26. The van der Waals surface area contributed by atoms with Crippen LogP contribution in [0.15, 0.2) is 33.3 Å². The fourth-order valence-corrected chi connectivity index (χ4v) is 2.64. The Bertz CT molecular complexity index is 593. The van der Waals surface area contributed by atoms with Crippen LogP contribution in [0.4, 0.5) is 0 Å². The second-order valence-corrected chi connectivity index (χ2v) is 4.84. The Labute approximate surface area is 101 Å². The van der Waals surface area contributed by atoms with Crippen molar-refractivity contribution >= 4 is 23.1 Å². The van der Waals surface area contributed by atoms with Crippen LogP contribution in [0.3, 0.4) is 0 Å². The molecule has 2 aromatic rings. The van der Waals surface area contributed by atoms with Crippen LogP contribution in [0.25, 0.3) is 10.6 Å². The summed E-state index contributed by atoms with van der Waals surface area (Å²) >= 11 is 2.96. The molecule has 0 bridgehead atoms. The SMILES string of the molecule is CSc1cc(-c2cccs2)[nH]c(=O)c1C#N. The minimum Gasteiger partial charge on any atom is -0.320 e. The van der Waals surface area contributed by atoms with Gasteiger partial charge in [-0.3, -0.25) is 4.79 Å². The molecule has 16 heavy (non-hydrogen) atoms. The van der Waals surface area contributed by atoms with Crippen LogP contribution in [0, 0.1) is 11.3 Å². The van der Waals surface area contributed by atoms with Crippen molar-refractivity contribution in [2.75, 3.05) is 6.26 Å². The maximum atomic E-state index is 11.7. The monoisotopic (exact) mass is 248 g/mol. The summed E-state index contributed by atoms with van der Waals surface area (Å²) in [6.07, 6.45) is 1.85. The third kappa shape index (κ3) is 1.90. The van der Waals surface area contributed by atoms with Gasteiger partial charge in [0.05, 0.1) is 10.6 Å². The number of thioether (sulfide) groups is 1. The Balaban J connectivity index is 2.65. The third-order valence-electron chi connectivity index (χ3n) is 2.12. The molecule has 0 atom stereocenters. The van der Waals surface area contributed by atoms with E-state index in [1.54, 1.807) is 11.3 Å². The molecule has 0 unspecified atom stereocenters. The van der Waals surface area contributed by atoms with E-state index in [0.29, 0.717) is 0 Å². The van der Waals surface area contributed by atoms with Gasteiger partial charge in [-0.05, 0) is 23.8 Å². The van der Waals surface area contributed by atoms with E-state index in [2.05, 4.69) is 4.98 Å². The van der Waals surface area contributed by atoms with Gasteiger partial charge in [0.25, 0.3) is 5.56 Å². The fraction of sp³-hybridized carbons (Fsp3) is 0.0909. The van der Waals surface area contributed by atoms with Crippen molar-refractivity contribution in [3.63, 3.8) is 0 Å². The quantitative estimate of drug-likeness (QED) is 0.831. The lowest BCUT2D eigenvalue weighted by atomic mass is 10.2. The number of thiophene rings is 1. The number of nitrogens with zero attached hydrogens (tertiary/aromatic N) is 1. The molecule has 2 heterocycles. The summed E-state index contributed by atoms with van der Waals surface area (Å²) in [7, 11) is 0. The predicted molar refractivity (Wildman–Crippen MR) is 66.9 cm³/mol. The van der Waals surface area contributed by atoms with E-state index >= 15 is 0 Å². The standard InChI is InChI=1S/C11H8N2OS2/c1-15-10-5-8(9-3-2-4-16-9)13-11(14)7(10)6-12/h2-5H,1H3,(H,13,14). The summed E-state index contributed by atoms with van der Waals surface area (Å²) in [5, 5.41) is 10.8. The number of pyridine rings is 1. The zero-order valence-electron chi connectivity index (χ0n) is 8.48. The van der Waals surface area contributed by atoms with Gasteiger partial charge in [-0.1, -0.05) is 6.07 Å². The number of H-pyrrole nitrogens is 1. The van der Waals surface area contributed by atoms with Gasteiger partial charge in [0.2, 0.25) is 0 Å². The molecule has 0 aliphatic rings. The summed E-state index contributed by atoms with van der Waals surface area (Å²) in [5.74, 6) is 0. The van der Waals surface area contributed by atoms with E-state index in [0.717, 1.165) is 15.5 Å². The van der Waals surface area contributed by atoms with Crippen molar-refractivity contribution in [3.05, 3.63) is 39.5 Å². The van der Waals surface area contributed by atoms with Gasteiger partial charge >= 0.3 is 0 Å². The molecule has 0 aliphatic heterocycles. The van der Waals surface area contributed by atoms with Gasteiger partial charge in [0.15, 0.2) is 0 Å². The maximum absolute atomic E-state index is 11.7. The second kappa shape index (κ2) is 4.56. The molecule has 0 aromatic carbocycles. The number of nitriles is 1. The summed E-state index contributed by atoms with van der Waals surface area (Å²) in [6, 6.07) is 7.63. The molecule has 80 valence electrons. The lowest BCUT2D eigenvalue weighted by Crippen LogP contribution is -2.11. The Morgan fingerprint density at radius 1 is 1.56 bits per heavy atom. The van der Waals surface area contributed by atoms with Gasteiger partial charge in [-0.25, -0.2) is 0 Å². The maximum Gasteiger partial charge on any atom is 0.267 e. The molecule has 0 spiro atoms. The topological polar surface area (TPSA) is 56.6 Å². The van der Waals surface area contributed by atoms with Crippen LogP contribution in [0.1, 0.15) is 5.56 Å². The first-order valence-electron chi connectivity index (χ1n) is 4.51. The third-order valence-corrected chi connectivity index (χ3v) is 3.78. The number of aromatic nitrogens is 1. The van der Waals surface area contributed by atoms with Crippen LogP contribution < -0.4 is 5.56 Å². The van der Waals surface area contributed by atoms with E-state index in [1.807, 2.05) is 35.9 Å². The minimum absolute atomic E-state index is 0.188. The van der Waals surface area contributed by atoms with E-state index in [-0.39, 0.29) is 11.1 Å². The highest BCUT2D eigenvalue weighted by molar-refractivity contribution is 7.98. The van der Waals surface area contributed by atoms with Crippen molar-refractivity contribution in [1.82, 2.24) is 4.98 Å². The van der Waals surface area contributed by atoms with Crippen LogP contribution in [-0.2, 0) is 0 Å². The first kappa shape index (κ1) is 11.0. The van der Waals surface area contributed by atoms with E-state index in [9.17, 15) is 4.79 Å². The number of hydrogen-bond donors (Lipinski definition) is 1. The van der Waals surface area contributed by atoms with Crippen LogP contribution in [0.5, 0.6) is 0 Å². The molecule has 5 heteroatoms. The Morgan fingerprint density at radius 3 is 2.94 bits per heavy atom. The lowest BCUT2D eigenvalue weighted by molar-refractivity contribution is 1.17. The number of hydrogen-bond acceptors (Lipinski definition) is 4. The van der Waals surface area contributed by atoms with Gasteiger partial charge in [0, 0.05) is 4.90 Å². The lowest BCUT2D eigenvalue weighted by Gasteiger charge is -2.02. The smallest absolute Gasteiger partial charge is 0.267 e. The number of nitrogens with one attached hydrogen (secondary N) is 1. The van der Waals surface area contributed by atoms with Crippen LogP contribution in [-0.4, -0.2) is 11.2 Å². The Kier molecular flexibility index (Phi) is 3.13. The molecular formula is C11H8N2OS2. The predicted octanol–water partition coefficient (Wildman–Crippen LogP) is 2.70. The molecule has 0 amide bonds. The molecule has 2 aromatic heterocycles. The highest BCUT2D eigenvalue weighted by Gasteiger charge is 2.09. The summed E-state index contributed by atoms with van der Waals surface area (Å²) in [5.41, 5.74) is 0.633. The first-order chi connectivity index (χ1) is 7.76. The second-order valence-electron chi connectivity index (χ2n) is 3.04. The zero-order valence-corrected chi connectivity index (χ0v) is 10.1. The van der Waals surface area contributed by atoms with Crippen LogP contribution in [0.2, 0.25) is 0 Å². The Hall–Kier alpha value is -1.51. The molecule has 0 saturated heterocycles. The molecule has 0 saturated carbocycles. The number of rotatable bonds is 2. The molecule has 0 fully saturated rings. The van der Waals surface area contributed by atoms with Crippen molar-refractivity contribution < 1.29 is 0 Å². The fourth-order valence-electron chi connectivity index (χ4n) is 1.37. The molecule has 3 nitrogen and oxygen atoms in total. The normalized spacial score (nSPS) is 10.0. The summed E-state index contributed by atoms with van der Waals surface area (Å²) in [6.45, 7) is 0. The minimum atomic E-state index is -0.322. The molecule has 1 N–H and O–H groups in total. The molecule has 2 rings (SSSR count). The van der Waals surface area contributed by atoms with E-state index < -0.39 is 0 Å². The highest BCUT2D eigenvalue weighted by atomic mass is 32.2. The van der Waals surface area contributed by atoms with Gasteiger partial charge in [-0.15, -0.1) is 23.1 Å². The van der Waals surface area contributed by atoms with E-state index in [4.69, 9.17) is 5.26 Å². The Morgan fingerprint density at radius 2 is 2.38 bits per heavy atom. The molecule has 0 aliphatic carbocycles. The van der Waals surface area contributed by atoms with Crippen molar-refractivity contribution in [1.29, 1.82) is 5.26 Å². The van der Waals surface area contributed by atoms with Crippen molar-refractivity contribution in [2.45, 2.75) is 4.90 Å². The van der Waals surface area contributed by atoms with Crippen molar-refractivity contribution in [3.8, 4) is 16.6 Å². The summed E-state index contributed by atoms with van der Waals surface area (Å²) in [4.78, 5) is 16.1. The number of aromatic amines is 1. The largest absolute Gasteiger partial charge is 0.320 e. The summed E-state index contributed by atoms with van der Waals surface area (Å²) < 4.78 is 0. The average Bonchev–Trinajstić information content (AvgIpc) is 2.81. The molecular weight excluding hydrogens is 240 g/mol. The zero-order chi connectivity index (χ0) is 11.5. The van der Waals surface area contributed by atoms with Gasteiger partial charge < -0.3 is 4.98 Å². The van der Waals surface area contributed by atoms with E-state index in [1.165, 1.54) is 11.8 Å². The van der Waals surface area contributed by atoms with Crippen molar-refractivity contribution in [2.24, 2.45) is 0 Å². The first-order valence-corrected chi connectivity index (χ1v) is 6.62. The molecule has 0 radical (unpaired) electrons. The average molecular weight is 248 g/mol. The van der Waals surface area contributed by atoms with Gasteiger partial charge in [-0.2, -0.15) is 5.26 Å².